The summed E-state index contributed by atoms with van der Waals surface area (Å²) in [7, 11) is 0. The first kappa shape index (κ1) is 30.9. The van der Waals surface area contributed by atoms with Crippen LogP contribution in [0.15, 0.2) is 34.7 Å². The van der Waals surface area contributed by atoms with Crippen molar-refractivity contribution in [3.05, 3.63) is 53.2 Å². The van der Waals surface area contributed by atoms with Crippen molar-refractivity contribution in [2.75, 3.05) is 39.4 Å². The second-order valence-electron chi connectivity index (χ2n) is 9.28. The van der Waals surface area contributed by atoms with Gasteiger partial charge in [-0.2, -0.15) is 0 Å². The third-order valence-electron chi connectivity index (χ3n) is 5.84. The smallest absolute Gasteiger partial charge is 0.336 e. The van der Waals surface area contributed by atoms with Crippen LogP contribution < -0.4 is 0 Å². The highest BCUT2D eigenvalue weighted by atomic mass is 16.5. The van der Waals surface area contributed by atoms with Crippen LogP contribution in [0.5, 0.6) is 0 Å². The standard InChI is InChI=1S/C20H29N3O2.C6H8O7/c1-17-5-3-6-19(21-17)15-23(16-20-8-7-18(2)25-20)10-4-9-22-11-13-24-14-12-22;7-3(8)1-6(13,5(11)12)2-4(9)10/h3,5-8H,4,9-16H2,1-2H3;13H,1-2H2,(H,7,8)(H,9,10)(H,11,12). The molecule has 3 heterocycles. The number of pyridine rings is 1. The van der Waals surface area contributed by atoms with E-state index in [1.54, 1.807) is 0 Å². The number of aliphatic carboxylic acids is 3. The van der Waals surface area contributed by atoms with E-state index < -0.39 is 36.4 Å². The molecule has 2 aromatic heterocycles. The summed E-state index contributed by atoms with van der Waals surface area (Å²) in [4.78, 5) is 40.1. The molecule has 1 aliphatic heterocycles. The molecule has 0 spiro atoms. The van der Waals surface area contributed by atoms with Gasteiger partial charge >= 0.3 is 17.9 Å². The summed E-state index contributed by atoms with van der Waals surface area (Å²) in [6, 6.07) is 10.3. The lowest BCUT2D eigenvalue weighted by Gasteiger charge is -2.28. The van der Waals surface area contributed by atoms with E-state index >= 15 is 0 Å². The highest BCUT2D eigenvalue weighted by Gasteiger charge is 2.40. The van der Waals surface area contributed by atoms with Gasteiger partial charge in [-0.1, -0.05) is 6.07 Å². The molecular weight excluding hydrogens is 498 g/mol. The van der Waals surface area contributed by atoms with Crippen LogP contribution in [0, 0.1) is 13.8 Å². The van der Waals surface area contributed by atoms with Gasteiger partial charge in [-0.15, -0.1) is 0 Å². The zero-order valence-corrected chi connectivity index (χ0v) is 21.8. The summed E-state index contributed by atoms with van der Waals surface area (Å²) < 4.78 is 11.2. The molecule has 12 heteroatoms. The molecule has 1 fully saturated rings. The molecule has 2 aromatic rings. The molecule has 0 amide bonds. The van der Waals surface area contributed by atoms with E-state index in [2.05, 4.69) is 33.0 Å². The maximum absolute atomic E-state index is 10.3. The fourth-order valence-corrected chi connectivity index (χ4v) is 3.98. The first-order chi connectivity index (χ1) is 18.0. The van der Waals surface area contributed by atoms with Gasteiger partial charge in [0.1, 0.15) is 11.5 Å². The predicted octanol–water partition coefficient (Wildman–Crippen LogP) is 1.77. The van der Waals surface area contributed by atoms with Crippen LogP contribution in [0.25, 0.3) is 0 Å². The molecule has 0 saturated carbocycles. The van der Waals surface area contributed by atoms with Crippen molar-refractivity contribution in [3.63, 3.8) is 0 Å². The summed E-state index contributed by atoms with van der Waals surface area (Å²) in [5.74, 6) is -3.02. The summed E-state index contributed by atoms with van der Waals surface area (Å²) in [5, 5.41) is 33.8. The van der Waals surface area contributed by atoms with Crippen molar-refractivity contribution < 1.29 is 44.0 Å². The third kappa shape index (κ3) is 11.4. The fraction of sp³-hybridized carbons (Fsp3) is 0.538. The topological polar surface area (TPSA) is 174 Å². The number of hydrogen-bond acceptors (Lipinski definition) is 9. The molecule has 0 unspecified atom stereocenters. The Hall–Kier alpha value is -3.32. The summed E-state index contributed by atoms with van der Waals surface area (Å²) in [6.45, 7) is 11.7. The maximum atomic E-state index is 10.3. The summed E-state index contributed by atoms with van der Waals surface area (Å²) in [6.07, 6.45) is -1.14. The van der Waals surface area contributed by atoms with Gasteiger partial charge in [0, 0.05) is 31.9 Å². The number of aryl methyl sites for hydroxylation is 2. The first-order valence-electron chi connectivity index (χ1n) is 12.4. The Morgan fingerprint density at radius 3 is 2.18 bits per heavy atom. The van der Waals surface area contributed by atoms with E-state index in [0.717, 1.165) is 81.8 Å². The molecule has 3 rings (SSSR count). The van der Waals surface area contributed by atoms with Gasteiger partial charge < -0.3 is 29.6 Å². The Bertz CT molecular complexity index is 1030. The van der Waals surface area contributed by atoms with Crippen LogP contribution in [-0.4, -0.2) is 98.1 Å². The minimum absolute atomic E-state index is 0.826. The number of carbonyl (C=O) groups is 3. The molecule has 0 atom stereocenters. The van der Waals surface area contributed by atoms with E-state index in [1.165, 1.54) is 0 Å². The Kier molecular flexibility index (Phi) is 12.3. The number of ether oxygens (including phenoxy) is 1. The van der Waals surface area contributed by atoms with E-state index in [1.807, 2.05) is 26.0 Å². The average Bonchev–Trinajstić information content (AvgIpc) is 3.23. The molecule has 38 heavy (non-hydrogen) atoms. The zero-order valence-electron chi connectivity index (χ0n) is 21.8. The van der Waals surface area contributed by atoms with Gasteiger partial charge in [-0.05, 0) is 51.1 Å². The lowest BCUT2D eigenvalue weighted by molar-refractivity contribution is -0.170. The fourth-order valence-electron chi connectivity index (χ4n) is 3.98. The Balaban J connectivity index is 0.000000332. The number of aliphatic hydroxyl groups is 1. The largest absolute Gasteiger partial charge is 0.481 e. The summed E-state index contributed by atoms with van der Waals surface area (Å²) >= 11 is 0. The van der Waals surface area contributed by atoms with Crippen LogP contribution in [0.1, 0.15) is 42.2 Å². The molecule has 12 nitrogen and oxygen atoms in total. The molecule has 210 valence electrons. The number of hydrogen-bond donors (Lipinski definition) is 4. The number of rotatable bonds is 13. The van der Waals surface area contributed by atoms with Gasteiger partial charge in [-0.3, -0.25) is 24.4 Å². The average molecular weight is 536 g/mol. The number of aromatic nitrogens is 1. The summed E-state index contributed by atoms with van der Waals surface area (Å²) in [5.41, 5.74) is -0.549. The molecule has 0 bridgehead atoms. The Labute approximate surface area is 221 Å². The maximum Gasteiger partial charge on any atom is 0.336 e. The quantitative estimate of drug-likeness (QED) is 0.293. The minimum atomic E-state index is -2.74. The second kappa shape index (κ2) is 15.2. The molecular formula is C26H37N3O9. The highest BCUT2D eigenvalue weighted by molar-refractivity contribution is 5.88. The number of carboxylic acids is 3. The van der Waals surface area contributed by atoms with Gasteiger partial charge in [0.15, 0.2) is 5.60 Å². The van der Waals surface area contributed by atoms with Crippen molar-refractivity contribution in [2.24, 2.45) is 0 Å². The molecule has 1 saturated heterocycles. The minimum Gasteiger partial charge on any atom is -0.481 e. The zero-order chi connectivity index (χ0) is 28.1. The Morgan fingerprint density at radius 2 is 1.66 bits per heavy atom. The SMILES string of the molecule is Cc1cccc(CN(CCCN2CCOCC2)Cc2ccc(C)o2)n1.O=C(O)CC(O)(CC(=O)O)C(=O)O. The predicted molar refractivity (Wildman–Crippen MR) is 136 cm³/mol. The van der Waals surface area contributed by atoms with Crippen molar-refractivity contribution in [1.82, 2.24) is 14.8 Å². The van der Waals surface area contributed by atoms with Gasteiger partial charge in [0.05, 0.1) is 38.3 Å². The van der Waals surface area contributed by atoms with Crippen LogP contribution in [-0.2, 0) is 32.2 Å². The van der Waals surface area contributed by atoms with E-state index in [0.29, 0.717) is 0 Å². The van der Waals surface area contributed by atoms with Crippen molar-refractivity contribution in [2.45, 2.75) is 51.8 Å². The number of nitrogens with zero attached hydrogens (tertiary/aromatic N) is 3. The van der Waals surface area contributed by atoms with Crippen LogP contribution in [0.4, 0.5) is 0 Å². The Morgan fingerprint density at radius 1 is 1.00 bits per heavy atom. The highest BCUT2D eigenvalue weighted by Crippen LogP contribution is 2.16. The molecule has 1 aliphatic rings. The lowest BCUT2D eigenvalue weighted by atomic mass is 9.96. The number of carboxylic acid groups (broad SMARTS) is 3. The van der Waals surface area contributed by atoms with Crippen molar-refractivity contribution in [3.8, 4) is 0 Å². The number of morpholine rings is 1. The van der Waals surface area contributed by atoms with Crippen molar-refractivity contribution >= 4 is 17.9 Å². The van der Waals surface area contributed by atoms with Crippen LogP contribution >= 0.6 is 0 Å². The van der Waals surface area contributed by atoms with E-state index in [-0.39, 0.29) is 0 Å². The van der Waals surface area contributed by atoms with Gasteiger partial charge in [0.2, 0.25) is 0 Å². The molecule has 4 N–H and O–H groups in total. The third-order valence-corrected chi connectivity index (χ3v) is 5.84. The van der Waals surface area contributed by atoms with Gasteiger partial charge in [-0.25, -0.2) is 4.79 Å². The molecule has 0 aliphatic carbocycles. The van der Waals surface area contributed by atoms with E-state index in [4.69, 9.17) is 29.6 Å². The second-order valence-corrected chi connectivity index (χ2v) is 9.28. The van der Waals surface area contributed by atoms with Crippen LogP contribution in [0.2, 0.25) is 0 Å². The molecule has 0 aromatic carbocycles. The normalized spacial score (nSPS) is 14.1. The lowest BCUT2D eigenvalue weighted by Crippen LogP contribution is -2.42. The monoisotopic (exact) mass is 535 g/mol. The number of furan rings is 1. The first-order valence-corrected chi connectivity index (χ1v) is 12.4. The van der Waals surface area contributed by atoms with Crippen LogP contribution in [0.3, 0.4) is 0 Å². The molecule has 0 radical (unpaired) electrons. The van der Waals surface area contributed by atoms with E-state index in [9.17, 15) is 14.4 Å². The van der Waals surface area contributed by atoms with Gasteiger partial charge in [0.25, 0.3) is 0 Å². The van der Waals surface area contributed by atoms with Crippen molar-refractivity contribution in [1.29, 1.82) is 0 Å².